The van der Waals surface area contributed by atoms with Crippen molar-refractivity contribution in [2.75, 3.05) is 0 Å². The molecule has 0 fully saturated rings. The molecule has 21 heavy (non-hydrogen) atoms. The molecular formula is C19H16N2. The van der Waals surface area contributed by atoms with E-state index >= 15 is 0 Å². The first-order chi connectivity index (χ1) is 10.2. The Morgan fingerprint density at radius 3 is 2.62 bits per heavy atom. The minimum Gasteiger partial charge on any atom is -0.327 e. The van der Waals surface area contributed by atoms with Crippen molar-refractivity contribution < 1.29 is 0 Å². The maximum Gasteiger partial charge on any atom is 0.140 e. The second-order valence-corrected chi connectivity index (χ2v) is 5.52. The monoisotopic (exact) mass is 272 g/mol. The van der Waals surface area contributed by atoms with E-state index in [9.17, 15) is 0 Å². The molecule has 0 aliphatic rings. The number of rotatable bonds is 1. The maximum atomic E-state index is 4.91. The molecule has 0 radical (unpaired) electrons. The summed E-state index contributed by atoms with van der Waals surface area (Å²) in [5.41, 5.74) is 4.67. The van der Waals surface area contributed by atoms with Crippen molar-refractivity contribution in [3.63, 3.8) is 0 Å². The summed E-state index contributed by atoms with van der Waals surface area (Å²) in [7, 11) is 2.09. The fourth-order valence-corrected chi connectivity index (χ4v) is 2.97. The molecule has 1 aromatic heterocycles. The van der Waals surface area contributed by atoms with Crippen LogP contribution in [0.5, 0.6) is 0 Å². The molecule has 2 heteroatoms. The van der Waals surface area contributed by atoms with E-state index in [1.807, 2.05) is 0 Å². The van der Waals surface area contributed by atoms with Gasteiger partial charge in [0.05, 0.1) is 11.0 Å². The largest absolute Gasteiger partial charge is 0.327 e. The Hall–Kier alpha value is -2.61. The van der Waals surface area contributed by atoms with Crippen LogP contribution in [0.3, 0.4) is 0 Å². The molecule has 3 aromatic carbocycles. The van der Waals surface area contributed by atoms with E-state index < -0.39 is 0 Å². The average Bonchev–Trinajstić information content (AvgIpc) is 2.85. The molecule has 0 bridgehead atoms. The van der Waals surface area contributed by atoms with Gasteiger partial charge < -0.3 is 4.57 Å². The van der Waals surface area contributed by atoms with Crippen molar-refractivity contribution in [1.29, 1.82) is 0 Å². The summed E-state index contributed by atoms with van der Waals surface area (Å²) in [5, 5.41) is 2.45. The van der Waals surface area contributed by atoms with Crippen molar-refractivity contribution in [3.05, 3.63) is 66.2 Å². The summed E-state index contributed by atoms with van der Waals surface area (Å²) in [6.45, 7) is 2.11. The van der Waals surface area contributed by atoms with Crippen molar-refractivity contribution in [1.82, 2.24) is 9.55 Å². The first-order valence-corrected chi connectivity index (χ1v) is 7.15. The topological polar surface area (TPSA) is 17.8 Å². The van der Waals surface area contributed by atoms with E-state index in [-0.39, 0.29) is 0 Å². The van der Waals surface area contributed by atoms with Crippen LogP contribution in [0, 0.1) is 6.92 Å². The van der Waals surface area contributed by atoms with Gasteiger partial charge in [-0.25, -0.2) is 4.98 Å². The number of aryl methyl sites for hydroxylation is 2. The van der Waals surface area contributed by atoms with E-state index in [1.54, 1.807) is 0 Å². The quantitative estimate of drug-likeness (QED) is 0.491. The number of benzene rings is 3. The zero-order chi connectivity index (χ0) is 14.4. The van der Waals surface area contributed by atoms with E-state index in [2.05, 4.69) is 79.2 Å². The summed E-state index contributed by atoms with van der Waals surface area (Å²) in [6, 6.07) is 21.2. The van der Waals surface area contributed by atoms with Crippen molar-refractivity contribution in [2.45, 2.75) is 6.92 Å². The highest BCUT2D eigenvalue weighted by molar-refractivity contribution is 6.05. The van der Waals surface area contributed by atoms with Gasteiger partial charge in [0.1, 0.15) is 5.82 Å². The molecule has 0 aliphatic carbocycles. The second-order valence-electron chi connectivity index (χ2n) is 5.52. The van der Waals surface area contributed by atoms with E-state index in [0.29, 0.717) is 0 Å². The zero-order valence-corrected chi connectivity index (χ0v) is 12.2. The smallest absolute Gasteiger partial charge is 0.140 e. The average molecular weight is 272 g/mol. The van der Waals surface area contributed by atoms with Gasteiger partial charge in [-0.15, -0.1) is 0 Å². The molecule has 0 saturated carbocycles. The molecule has 0 atom stereocenters. The molecule has 2 nitrogen and oxygen atoms in total. The molecule has 0 aliphatic heterocycles. The standard InChI is InChI=1S/C19H16N2/c1-13-6-5-8-15(12-13)19-20-18-16-9-4-3-7-14(16)10-11-17(18)21(19)2/h3-12H,1-2H3. The Morgan fingerprint density at radius 1 is 0.905 bits per heavy atom. The van der Waals surface area contributed by atoms with Gasteiger partial charge in [0.2, 0.25) is 0 Å². The summed E-state index contributed by atoms with van der Waals surface area (Å²) in [5.74, 6) is 1.02. The van der Waals surface area contributed by atoms with E-state index in [4.69, 9.17) is 4.98 Å². The minimum atomic E-state index is 1.02. The van der Waals surface area contributed by atoms with Gasteiger partial charge >= 0.3 is 0 Å². The molecule has 0 saturated heterocycles. The van der Waals surface area contributed by atoms with Crippen LogP contribution in [0.25, 0.3) is 33.2 Å². The van der Waals surface area contributed by atoms with Gasteiger partial charge in [0.15, 0.2) is 0 Å². The summed E-state index contributed by atoms with van der Waals surface area (Å²) < 4.78 is 2.18. The zero-order valence-electron chi connectivity index (χ0n) is 12.2. The maximum absolute atomic E-state index is 4.91. The van der Waals surface area contributed by atoms with Crippen LogP contribution >= 0.6 is 0 Å². The van der Waals surface area contributed by atoms with Crippen LogP contribution in [0.4, 0.5) is 0 Å². The molecule has 102 valence electrons. The number of hydrogen-bond acceptors (Lipinski definition) is 1. The highest BCUT2D eigenvalue weighted by atomic mass is 15.1. The van der Waals surface area contributed by atoms with Crippen molar-refractivity contribution in [3.8, 4) is 11.4 Å². The van der Waals surface area contributed by atoms with Crippen LogP contribution in [-0.4, -0.2) is 9.55 Å². The first kappa shape index (κ1) is 12.2. The lowest BCUT2D eigenvalue weighted by Gasteiger charge is -2.03. The third-order valence-corrected chi connectivity index (χ3v) is 4.05. The Balaban J connectivity index is 2.08. The summed E-state index contributed by atoms with van der Waals surface area (Å²) in [4.78, 5) is 4.91. The Labute approximate surface area is 123 Å². The third-order valence-electron chi connectivity index (χ3n) is 4.05. The van der Waals surface area contributed by atoms with Gasteiger partial charge in [-0.05, 0) is 24.4 Å². The third kappa shape index (κ3) is 1.83. The lowest BCUT2D eigenvalue weighted by atomic mass is 10.1. The van der Waals surface area contributed by atoms with Gasteiger partial charge in [-0.1, -0.05) is 54.1 Å². The molecule has 0 unspecified atom stereocenters. The Kier molecular flexibility index (Phi) is 2.58. The second kappa shape index (κ2) is 4.45. The molecule has 0 N–H and O–H groups in total. The predicted octanol–water partition coefficient (Wildman–Crippen LogP) is 4.70. The molecule has 4 aromatic rings. The van der Waals surface area contributed by atoms with Crippen LogP contribution in [0.15, 0.2) is 60.7 Å². The Morgan fingerprint density at radius 2 is 1.76 bits per heavy atom. The first-order valence-electron chi connectivity index (χ1n) is 7.15. The van der Waals surface area contributed by atoms with Gasteiger partial charge in [-0.2, -0.15) is 0 Å². The summed E-state index contributed by atoms with van der Waals surface area (Å²) in [6.07, 6.45) is 0. The van der Waals surface area contributed by atoms with E-state index in [1.165, 1.54) is 21.9 Å². The van der Waals surface area contributed by atoms with Crippen LogP contribution in [0.1, 0.15) is 5.56 Å². The highest BCUT2D eigenvalue weighted by Gasteiger charge is 2.12. The minimum absolute atomic E-state index is 1.02. The van der Waals surface area contributed by atoms with Crippen LogP contribution < -0.4 is 0 Å². The SMILES string of the molecule is Cc1cccc(-c2nc3c4ccccc4ccc3n2C)c1. The highest BCUT2D eigenvalue weighted by Crippen LogP contribution is 2.29. The number of aromatic nitrogens is 2. The van der Waals surface area contributed by atoms with Gasteiger partial charge in [-0.3, -0.25) is 0 Å². The van der Waals surface area contributed by atoms with Gasteiger partial charge in [0, 0.05) is 18.0 Å². The fraction of sp³-hybridized carbons (Fsp3) is 0.105. The number of imidazole rings is 1. The van der Waals surface area contributed by atoms with E-state index in [0.717, 1.165) is 16.9 Å². The fourth-order valence-electron chi connectivity index (χ4n) is 2.97. The molecule has 0 spiro atoms. The van der Waals surface area contributed by atoms with Crippen LogP contribution in [-0.2, 0) is 7.05 Å². The number of hydrogen-bond donors (Lipinski definition) is 0. The number of fused-ring (bicyclic) bond motifs is 3. The lowest BCUT2D eigenvalue weighted by molar-refractivity contribution is 0.959. The van der Waals surface area contributed by atoms with Gasteiger partial charge in [0.25, 0.3) is 0 Å². The summed E-state index contributed by atoms with van der Waals surface area (Å²) >= 11 is 0. The normalized spacial score (nSPS) is 11.3. The Bertz CT molecular complexity index is 964. The molecule has 1 heterocycles. The van der Waals surface area contributed by atoms with Crippen molar-refractivity contribution >= 4 is 21.8 Å². The van der Waals surface area contributed by atoms with Crippen molar-refractivity contribution in [2.24, 2.45) is 7.05 Å². The lowest BCUT2D eigenvalue weighted by Crippen LogP contribution is -1.92. The molecule has 4 rings (SSSR count). The number of nitrogens with zero attached hydrogens (tertiary/aromatic N) is 2. The molecule has 0 amide bonds. The molecular weight excluding hydrogens is 256 g/mol. The predicted molar refractivity (Wildman–Crippen MR) is 88.4 cm³/mol. The van der Waals surface area contributed by atoms with Crippen LogP contribution in [0.2, 0.25) is 0 Å².